The van der Waals surface area contributed by atoms with E-state index in [0.717, 1.165) is 151 Å². The number of amides is 2. The van der Waals surface area contributed by atoms with Crippen LogP contribution in [0.15, 0.2) is 395 Å². The standard InChI is InChI=1S/C17H16FN3S.C14H12FNOS.C13H7ClFNS.C13H8FNOS.C12H8FNO2S.C12H10FNS.C6H4ClNO2.C6H5FS.C4H10N2.Cl3OP/c18-12-5-6-15-13(11-12)17(21-9-7-19-8-10-21)20-14-3-1-2-4-16(14)22-15;1-10(17)16-13-4-2-3-5-14(13)18-12-8-6-11(15)7-9-12;14-13-9-7-8(15)5-6-11(9)17-12-4-2-1-3-10(12)16-13;14-8-5-6-11-9(7-8)13(16)15-10-3-1-2-4-12(10)17-11;13-9-5-7-10(8-6-9)17-12-4-2-1-3-11(12)14(15)16;13-9-5-7-10(8-6-9)15-12-4-2-1-3-11(12)14;7-5-3-1-2-4-6(5)8(9)10;7-5-1-3-6(8)4-2-5;1-2-6-4-3-5-1;1-5(2,3)4/h1-6,11,19H,7-10H2;2-9H,1H3,(H,16,17);1-7H;1-7H,(H,15,16);1-8H;1-8H,14H2;1-4H;1-4,8H;5-6H,1-4H2;. The molecule has 7 N–H and O–H groups in total. The number of benzene rings is 14. The first kappa shape index (κ1) is 106. The average molecular weight is 2080 g/mol. The first-order valence-corrected chi connectivity index (χ1v) is 50.9. The highest BCUT2D eigenvalue weighted by Crippen LogP contribution is 2.61. The first-order chi connectivity index (χ1) is 64.9. The predicted octanol–water partition coefficient (Wildman–Crippen LogP) is 29.2. The van der Waals surface area contributed by atoms with Gasteiger partial charge in [0.15, 0.2) is 0 Å². The summed E-state index contributed by atoms with van der Waals surface area (Å²) < 4.78 is 99.9. The lowest BCUT2D eigenvalue weighted by Gasteiger charge is -2.30. The second-order valence-corrected chi connectivity index (χ2v) is 42.4. The summed E-state index contributed by atoms with van der Waals surface area (Å²) in [5.41, 5.74) is 11.8. The zero-order valence-corrected chi connectivity index (χ0v) is 81.3. The van der Waals surface area contributed by atoms with Crippen LogP contribution in [0.4, 0.5) is 70.5 Å². The van der Waals surface area contributed by atoms with Gasteiger partial charge < -0.3 is 37.2 Å². The van der Waals surface area contributed by atoms with Gasteiger partial charge in [-0.15, -0.1) is 12.6 Å². The quantitative estimate of drug-likeness (QED) is 0.0177. The molecule has 2 saturated heterocycles. The molecule has 696 valence electrons. The Morgan fingerprint density at radius 1 is 0.444 bits per heavy atom. The monoisotopic (exact) mass is 2070 g/mol. The molecule has 5 aliphatic rings. The van der Waals surface area contributed by atoms with Crippen molar-refractivity contribution in [2.45, 2.75) is 70.6 Å². The number of nitrogens with two attached hydrogens (primary N) is 1. The molecule has 135 heavy (non-hydrogen) atoms. The maximum atomic E-state index is 13.8. The maximum Gasteiger partial charge on any atom is 0.339 e. The molecule has 0 radical (unpaired) electrons. The highest BCUT2D eigenvalue weighted by molar-refractivity contribution is 8.24. The number of halogens is 12. The summed E-state index contributed by atoms with van der Waals surface area (Å²) in [5, 5.41) is 33.6. The average Bonchev–Trinajstić information content (AvgIpc) is 1.68. The van der Waals surface area contributed by atoms with Crippen molar-refractivity contribution in [3.8, 4) is 0 Å². The molecular weight excluding hydrogens is 2000 g/mol. The van der Waals surface area contributed by atoms with Crippen LogP contribution in [0.2, 0.25) is 5.02 Å². The van der Waals surface area contributed by atoms with Crippen LogP contribution < -0.4 is 32.3 Å². The number of rotatable bonds is 9. The van der Waals surface area contributed by atoms with Gasteiger partial charge in [0, 0.05) is 147 Å². The number of nitro groups is 2. The van der Waals surface area contributed by atoms with E-state index in [1.807, 2.05) is 121 Å². The highest BCUT2D eigenvalue weighted by Gasteiger charge is 2.26. The molecular formula is C97H80Cl5F7N11O7PS7. The normalized spacial score (nSPS) is 12.7. The smallest absolute Gasteiger partial charge is 0.339 e. The summed E-state index contributed by atoms with van der Waals surface area (Å²) in [4.78, 5) is 66.2. The summed E-state index contributed by atoms with van der Waals surface area (Å²) in [7, 11) is 0. The van der Waals surface area contributed by atoms with E-state index in [2.05, 4.69) is 88.9 Å². The van der Waals surface area contributed by atoms with Crippen LogP contribution >= 0.6 is 145 Å². The van der Waals surface area contributed by atoms with E-state index in [-0.39, 0.29) is 63.1 Å². The summed E-state index contributed by atoms with van der Waals surface area (Å²) in [6.07, 6.45) is 0. The van der Waals surface area contributed by atoms with Crippen molar-refractivity contribution in [3.63, 3.8) is 0 Å². The van der Waals surface area contributed by atoms with Crippen molar-refractivity contribution in [1.29, 1.82) is 0 Å². The molecule has 0 atom stereocenters. The number of nitrogens with zero attached hydrogens (tertiary/aromatic N) is 5. The second-order valence-electron chi connectivity index (χ2n) is 27.9. The predicted molar refractivity (Wildman–Crippen MR) is 540 cm³/mol. The molecule has 0 bridgehead atoms. The molecule has 2 amide bonds. The maximum absolute atomic E-state index is 13.8. The molecule has 5 aliphatic heterocycles. The molecule has 19 rings (SSSR count). The van der Waals surface area contributed by atoms with E-state index in [0.29, 0.717) is 21.2 Å². The lowest BCUT2D eigenvalue weighted by Crippen LogP contribution is -2.46. The third-order valence-electron chi connectivity index (χ3n) is 18.1. The highest BCUT2D eigenvalue weighted by atomic mass is 36.0. The fraction of sp³-hybridized carbons (Fsp3) is 0.0928. The third-order valence-corrected chi connectivity index (χ3v) is 25.7. The summed E-state index contributed by atoms with van der Waals surface area (Å²) in [6.45, 7) is 9.67. The lowest BCUT2D eigenvalue weighted by molar-refractivity contribution is -0.387. The topological polar surface area (TPSA) is 252 Å². The molecule has 0 spiro atoms. The van der Waals surface area contributed by atoms with Gasteiger partial charge in [0.25, 0.3) is 17.3 Å². The van der Waals surface area contributed by atoms with Crippen molar-refractivity contribution >= 4 is 208 Å². The van der Waals surface area contributed by atoms with Gasteiger partial charge in [-0.1, -0.05) is 179 Å². The number of fused-ring (bicyclic) bond motifs is 6. The number of aliphatic imine (C=N–C) groups is 2. The second kappa shape index (κ2) is 54.9. The molecule has 0 aromatic heterocycles. The van der Waals surface area contributed by atoms with Gasteiger partial charge in [0.2, 0.25) is 5.91 Å². The number of hydrogen-bond acceptors (Lipinski definition) is 21. The molecule has 0 aliphatic carbocycles. The van der Waals surface area contributed by atoms with Gasteiger partial charge in [0.05, 0.1) is 43.1 Å². The van der Waals surface area contributed by atoms with Crippen LogP contribution in [0.1, 0.15) is 28.4 Å². The van der Waals surface area contributed by atoms with Crippen LogP contribution in [0.3, 0.4) is 0 Å². The Hall–Kier alpha value is -10.7. The van der Waals surface area contributed by atoms with Crippen LogP contribution in [-0.4, -0.2) is 89.9 Å². The fourth-order valence-corrected chi connectivity index (χ4v) is 18.2. The molecule has 0 unspecified atom stereocenters. The van der Waals surface area contributed by atoms with Crippen LogP contribution in [-0.2, 0) is 9.36 Å². The molecule has 14 aromatic rings. The van der Waals surface area contributed by atoms with Gasteiger partial charge in [-0.3, -0.25) is 34.4 Å². The van der Waals surface area contributed by atoms with Crippen LogP contribution in [0, 0.1) is 60.9 Å². The number of piperazine rings is 2. The molecule has 0 saturated carbocycles. The fourth-order valence-electron chi connectivity index (χ4n) is 11.9. The molecule has 14 aromatic carbocycles. The summed E-state index contributed by atoms with van der Waals surface area (Å²) >= 11 is 38.3. The van der Waals surface area contributed by atoms with E-state index < -0.39 is 20.9 Å². The minimum Gasteiger partial charge on any atom is -0.398 e. The van der Waals surface area contributed by atoms with Crippen molar-refractivity contribution in [1.82, 2.24) is 20.9 Å². The van der Waals surface area contributed by atoms with E-state index in [4.69, 9.17) is 33.9 Å². The zero-order valence-electron chi connectivity index (χ0n) is 70.8. The number of nitrogen functional groups attached to an aromatic ring is 1. The number of nitrogens with one attached hydrogen (secondary N) is 5. The SMILES string of the molecule is C1CNCCN1.CC(=O)Nc1ccccc1Sc1ccc(F)cc1.Fc1ccc(S)cc1.Fc1ccc2c(c1)C(Cl)=Nc1ccccc1S2.Fc1ccc2c(c1)C(N1CCNCC1)=Nc1ccccc1S2.Nc1ccccc1Sc1ccc(F)cc1.O=C1Nc2ccccc2Sc2ccc(F)cc21.O=P(Cl)(Cl)Cl.O=[N+]([O-])c1ccccc1Cl.O=[N+]([O-])c1ccccc1Sc1ccc(F)cc1. The van der Waals surface area contributed by atoms with E-state index in [1.54, 1.807) is 121 Å². The minimum atomic E-state index is -3.22. The van der Waals surface area contributed by atoms with E-state index >= 15 is 0 Å². The van der Waals surface area contributed by atoms with E-state index in [9.17, 15) is 65.1 Å². The van der Waals surface area contributed by atoms with Crippen molar-refractivity contribution in [2.24, 2.45) is 9.98 Å². The number of carbonyl (C=O) groups excluding carboxylic acids is 2. The lowest BCUT2D eigenvalue weighted by atomic mass is 10.1. The largest absolute Gasteiger partial charge is 0.398 e. The van der Waals surface area contributed by atoms with Gasteiger partial charge in [-0.05, 0) is 258 Å². The first-order valence-electron chi connectivity index (χ1n) is 40.4. The summed E-state index contributed by atoms with van der Waals surface area (Å²) in [6, 6.07) is 89.4. The van der Waals surface area contributed by atoms with E-state index in [1.165, 1.54) is 151 Å². The zero-order chi connectivity index (χ0) is 96.8. The third kappa shape index (κ3) is 36.4. The number of nitro benzene ring substituents is 2. The Kier molecular flexibility index (Phi) is 43.2. The molecule has 5 heterocycles. The summed E-state index contributed by atoms with van der Waals surface area (Å²) in [5.74, 6) is -1.43. The van der Waals surface area contributed by atoms with Crippen LogP contribution in [0.25, 0.3) is 0 Å². The van der Waals surface area contributed by atoms with Gasteiger partial charge in [-0.25, -0.2) is 40.7 Å². The van der Waals surface area contributed by atoms with Crippen LogP contribution in [0.5, 0.6) is 0 Å². The number of amidine groups is 1. The molecule has 38 heteroatoms. The Balaban J connectivity index is 0.000000159. The number of anilines is 3. The minimum absolute atomic E-state index is 0.0517. The van der Waals surface area contributed by atoms with Gasteiger partial charge in [-0.2, -0.15) is 0 Å². The molecule has 18 nitrogen and oxygen atoms in total. The number of carbonyl (C=O) groups is 2. The number of thiol groups is 1. The molecule has 2 fully saturated rings. The van der Waals surface area contributed by atoms with Crippen molar-refractivity contribution in [2.75, 3.05) is 68.7 Å². The van der Waals surface area contributed by atoms with Gasteiger partial charge in [0.1, 0.15) is 56.7 Å². The Morgan fingerprint density at radius 2 is 0.815 bits per heavy atom. The number of hydrogen-bond donors (Lipinski definition) is 7. The Morgan fingerprint density at radius 3 is 1.30 bits per heavy atom. The Bertz CT molecular complexity index is 6430. The Labute approximate surface area is 829 Å². The van der Waals surface area contributed by atoms with Gasteiger partial charge >= 0.3 is 5.20 Å². The van der Waals surface area contributed by atoms with Crippen molar-refractivity contribution < 1.29 is 54.7 Å². The van der Waals surface area contributed by atoms with Crippen molar-refractivity contribution in [3.05, 3.63) is 404 Å². The number of para-hydroxylation sites is 7.